The minimum Gasteiger partial charge on any atom is -0.476 e. The summed E-state index contributed by atoms with van der Waals surface area (Å²) < 4.78 is 18.8. The van der Waals surface area contributed by atoms with Gasteiger partial charge in [0.05, 0.1) is 5.02 Å². The van der Waals surface area contributed by atoms with Gasteiger partial charge in [0.15, 0.2) is 6.10 Å². The minimum atomic E-state index is -0.580. The first-order chi connectivity index (χ1) is 12.5. The Labute approximate surface area is 161 Å². The van der Waals surface area contributed by atoms with Crippen molar-refractivity contribution in [3.8, 4) is 22.9 Å². The molecule has 0 fully saturated rings. The maximum absolute atomic E-state index is 13.3. The van der Waals surface area contributed by atoms with Crippen molar-refractivity contribution in [2.45, 2.75) is 26.9 Å². The SMILES string of the molecule is CC.CC(C#N)Oc1ccc2c(-c3ccc(F)cc3Cl)cnc(Cl)c2c1. The summed E-state index contributed by atoms with van der Waals surface area (Å²) in [6.07, 6.45) is 1.02. The van der Waals surface area contributed by atoms with E-state index in [4.69, 9.17) is 33.2 Å². The molecule has 0 radical (unpaired) electrons. The van der Waals surface area contributed by atoms with E-state index in [9.17, 15) is 4.39 Å². The lowest BCUT2D eigenvalue weighted by molar-refractivity contribution is 0.277. The van der Waals surface area contributed by atoms with E-state index in [1.54, 1.807) is 31.3 Å². The topological polar surface area (TPSA) is 45.9 Å². The Kier molecular flexibility index (Phi) is 6.79. The number of hydrogen-bond acceptors (Lipinski definition) is 3. The summed E-state index contributed by atoms with van der Waals surface area (Å²) in [5, 5.41) is 10.9. The van der Waals surface area contributed by atoms with E-state index >= 15 is 0 Å². The van der Waals surface area contributed by atoms with Gasteiger partial charge in [-0.2, -0.15) is 5.26 Å². The summed E-state index contributed by atoms with van der Waals surface area (Å²) in [7, 11) is 0. The Bertz CT molecular complexity index is 970. The lowest BCUT2D eigenvalue weighted by atomic mass is 10.0. The second-order valence-corrected chi connectivity index (χ2v) is 5.95. The molecule has 1 heterocycles. The second kappa shape index (κ2) is 8.84. The summed E-state index contributed by atoms with van der Waals surface area (Å²) in [4.78, 5) is 4.18. The van der Waals surface area contributed by atoms with Crippen molar-refractivity contribution < 1.29 is 9.13 Å². The quantitative estimate of drug-likeness (QED) is 0.469. The molecule has 0 amide bonds. The predicted octanol–water partition coefficient (Wildman–Crippen LogP) is 6.66. The number of nitrogens with zero attached hydrogens (tertiary/aromatic N) is 2. The molecular weight excluding hydrogens is 374 g/mol. The number of fused-ring (bicyclic) bond motifs is 1. The number of halogens is 3. The van der Waals surface area contributed by atoms with Gasteiger partial charge in [-0.15, -0.1) is 0 Å². The van der Waals surface area contributed by atoms with Gasteiger partial charge in [0.1, 0.15) is 22.8 Å². The number of ether oxygens (including phenoxy) is 1. The average molecular weight is 391 g/mol. The van der Waals surface area contributed by atoms with E-state index in [1.165, 1.54) is 12.1 Å². The normalized spacial score (nSPS) is 11.3. The van der Waals surface area contributed by atoms with E-state index in [1.807, 2.05) is 26.0 Å². The third kappa shape index (κ3) is 4.24. The molecule has 1 aromatic heterocycles. The molecule has 0 aliphatic rings. The molecular formula is C20H17Cl2FN2O. The van der Waals surface area contributed by atoms with Crippen LogP contribution in [0, 0.1) is 17.1 Å². The smallest absolute Gasteiger partial charge is 0.181 e. The third-order valence-electron chi connectivity index (χ3n) is 3.53. The van der Waals surface area contributed by atoms with E-state index < -0.39 is 11.9 Å². The van der Waals surface area contributed by atoms with Crippen LogP contribution >= 0.6 is 23.2 Å². The summed E-state index contributed by atoms with van der Waals surface area (Å²) in [5.74, 6) is 0.110. The first kappa shape index (κ1) is 20.0. The maximum Gasteiger partial charge on any atom is 0.181 e. The lowest BCUT2D eigenvalue weighted by Crippen LogP contribution is -2.07. The van der Waals surface area contributed by atoms with Gasteiger partial charge in [-0.3, -0.25) is 0 Å². The van der Waals surface area contributed by atoms with Crippen LogP contribution in [0.5, 0.6) is 5.75 Å². The standard InChI is InChI=1S/C18H11Cl2FN2O.C2H6/c1-10(8-22)24-12-3-5-13-15(7-12)18(20)23-9-16(13)14-4-2-11(21)6-17(14)19;1-2/h2-7,9-10H,1H3;1-2H3. The molecule has 1 atom stereocenters. The Morgan fingerprint density at radius 2 is 1.81 bits per heavy atom. The number of rotatable bonds is 3. The van der Waals surface area contributed by atoms with Gasteiger partial charge in [0.2, 0.25) is 0 Å². The van der Waals surface area contributed by atoms with Crippen LogP contribution in [0.3, 0.4) is 0 Å². The fourth-order valence-electron chi connectivity index (χ4n) is 2.42. The highest BCUT2D eigenvalue weighted by Crippen LogP contribution is 2.37. The van der Waals surface area contributed by atoms with Crippen molar-refractivity contribution >= 4 is 34.0 Å². The van der Waals surface area contributed by atoms with Gasteiger partial charge in [0.25, 0.3) is 0 Å². The zero-order valence-electron chi connectivity index (χ0n) is 14.6. The molecule has 134 valence electrons. The number of pyridine rings is 1. The molecule has 0 bridgehead atoms. The summed E-state index contributed by atoms with van der Waals surface area (Å²) in [5.41, 5.74) is 1.39. The zero-order valence-corrected chi connectivity index (χ0v) is 16.1. The van der Waals surface area contributed by atoms with Crippen LogP contribution in [0.25, 0.3) is 21.9 Å². The molecule has 0 aliphatic carbocycles. The second-order valence-electron chi connectivity index (χ2n) is 5.18. The van der Waals surface area contributed by atoms with Crippen molar-refractivity contribution in [1.82, 2.24) is 4.98 Å². The first-order valence-corrected chi connectivity index (χ1v) is 8.85. The Morgan fingerprint density at radius 3 is 2.46 bits per heavy atom. The molecule has 0 spiro atoms. The van der Waals surface area contributed by atoms with E-state index in [0.29, 0.717) is 26.9 Å². The van der Waals surface area contributed by atoms with Gasteiger partial charge < -0.3 is 4.74 Å². The Morgan fingerprint density at radius 1 is 1.08 bits per heavy atom. The molecule has 2 aromatic carbocycles. The number of hydrogen-bond donors (Lipinski definition) is 0. The fraction of sp³-hybridized carbons (Fsp3) is 0.200. The molecule has 0 saturated carbocycles. The highest BCUT2D eigenvalue weighted by atomic mass is 35.5. The molecule has 0 saturated heterocycles. The van der Waals surface area contributed by atoms with Gasteiger partial charge in [-0.1, -0.05) is 37.0 Å². The van der Waals surface area contributed by atoms with Crippen molar-refractivity contribution in [3.63, 3.8) is 0 Å². The predicted molar refractivity (Wildman–Crippen MR) is 104 cm³/mol. The van der Waals surface area contributed by atoms with Crippen LogP contribution in [-0.2, 0) is 0 Å². The maximum atomic E-state index is 13.3. The fourth-order valence-corrected chi connectivity index (χ4v) is 2.89. The van der Waals surface area contributed by atoms with Crippen molar-refractivity contribution in [1.29, 1.82) is 5.26 Å². The van der Waals surface area contributed by atoms with Crippen LogP contribution in [0.2, 0.25) is 10.2 Å². The molecule has 1 unspecified atom stereocenters. The highest BCUT2D eigenvalue weighted by molar-refractivity contribution is 6.36. The van der Waals surface area contributed by atoms with Crippen LogP contribution in [0.15, 0.2) is 42.6 Å². The molecule has 3 aromatic rings. The van der Waals surface area contributed by atoms with Crippen LogP contribution in [-0.4, -0.2) is 11.1 Å². The van der Waals surface area contributed by atoms with Crippen LogP contribution in [0.4, 0.5) is 4.39 Å². The van der Waals surface area contributed by atoms with Gasteiger partial charge in [0, 0.05) is 22.7 Å². The molecule has 0 aliphatic heterocycles. The first-order valence-electron chi connectivity index (χ1n) is 8.09. The molecule has 0 N–H and O–H groups in total. The van der Waals surface area contributed by atoms with E-state index in [-0.39, 0.29) is 0 Å². The monoisotopic (exact) mass is 390 g/mol. The number of aromatic nitrogens is 1. The largest absolute Gasteiger partial charge is 0.476 e. The summed E-state index contributed by atoms with van der Waals surface area (Å²) in [6.45, 7) is 5.65. The van der Waals surface area contributed by atoms with E-state index in [2.05, 4.69) is 4.98 Å². The Hall–Kier alpha value is -2.35. The minimum absolute atomic E-state index is 0.291. The van der Waals surface area contributed by atoms with Crippen molar-refractivity contribution in [3.05, 3.63) is 58.6 Å². The number of benzene rings is 2. The van der Waals surface area contributed by atoms with Crippen molar-refractivity contribution in [2.75, 3.05) is 0 Å². The van der Waals surface area contributed by atoms with Gasteiger partial charge >= 0.3 is 0 Å². The Balaban J connectivity index is 0.00000117. The van der Waals surface area contributed by atoms with Gasteiger partial charge in [-0.25, -0.2) is 9.37 Å². The van der Waals surface area contributed by atoms with Crippen LogP contribution in [0.1, 0.15) is 20.8 Å². The average Bonchev–Trinajstić information content (AvgIpc) is 2.64. The summed E-state index contributed by atoms with van der Waals surface area (Å²) >= 11 is 12.4. The van der Waals surface area contributed by atoms with Crippen LogP contribution < -0.4 is 4.74 Å². The molecule has 6 heteroatoms. The highest BCUT2D eigenvalue weighted by Gasteiger charge is 2.13. The lowest BCUT2D eigenvalue weighted by Gasteiger charge is -2.12. The van der Waals surface area contributed by atoms with Gasteiger partial charge in [-0.05, 0) is 48.7 Å². The molecule has 3 rings (SSSR count). The molecule has 3 nitrogen and oxygen atoms in total. The van der Waals surface area contributed by atoms with E-state index in [0.717, 1.165) is 10.9 Å². The number of nitriles is 1. The third-order valence-corrected chi connectivity index (χ3v) is 4.14. The molecule has 26 heavy (non-hydrogen) atoms. The zero-order chi connectivity index (χ0) is 19.3. The van der Waals surface area contributed by atoms with Crippen molar-refractivity contribution in [2.24, 2.45) is 0 Å². The summed E-state index contributed by atoms with van der Waals surface area (Å²) in [6, 6.07) is 11.5.